The van der Waals surface area contributed by atoms with Gasteiger partial charge in [-0.3, -0.25) is 4.79 Å². The number of anilines is 1. The van der Waals surface area contributed by atoms with Crippen LogP contribution in [0.15, 0.2) is 35.5 Å². The minimum atomic E-state index is -3.57. The maximum absolute atomic E-state index is 12.9. The van der Waals surface area contributed by atoms with Crippen molar-refractivity contribution in [3.63, 3.8) is 0 Å². The van der Waals surface area contributed by atoms with Gasteiger partial charge in [-0.15, -0.1) is 11.3 Å². The molecule has 164 valence electrons. The van der Waals surface area contributed by atoms with E-state index in [0.717, 1.165) is 39.9 Å². The summed E-state index contributed by atoms with van der Waals surface area (Å²) in [6.45, 7) is 4.79. The Kier molecular flexibility index (Phi) is 6.22. The summed E-state index contributed by atoms with van der Waals surface area (Å²) in [6, 6.07) is 6.31. The highest BCUT2D eigenvalue weighted by Gasteiger charge is 2.26. The van der Waals surface area contributed by atoms with Crippen LogP contribution in [0, 0.1) is 13.8 Å². The minimum Gasteiger partial charge on any atom is -0.467 e. The largest absolute Gasteiger partial charge is 0.467 e. The van der Waals surface area contributed by atoms with E-state index in [1.165, 1.54) is 16.7 Å². The van der Waals surface area contributed by atoms with Crippen LogP contribution in [0.2, 0.25) is 0 Å². The van der Waals surface area contributed by atoms with Gasteiger partial charge in [0.25, 0.3) is 5.91 Å². The number of carbonyl (C=O) groups is 1. The standard InChI is InChI=1S/C21H24N4O4S2/c1-14-15(2)30-21-19(14)20(22-13-23-21)29-12-18(26)24-16-7-6-8-17(11-16)31(27,28)25-9-4-3-5-10-25/h6-8,11,13H,3-5,9-10,12H2,1-2H3,(H,24,26). The van der Waals surface area contributed by atoms with Crippen molar-refractivity contribution in [1.82, 2.24) is 14.3 Å². The number of nitrogens with one attached hydrogen (secondary N) is 1. The third kappa shape index (κ3) is 4.56. The molecule has 0 unspecified atom stereocenters. The number of nitrogens with zero attached hydrogens (tertiary/aromatic N) is 3. The van der Waals surface area contributed by atoms with E-state index in [1.807, 2.05) is 13.8 Å². The molecule has 1 fully saturated rings. The molecule has 0 spiro atoms. The maximum Gasteiger partial charge on any atom is 0.262 e. The van der Waals surface area contributed by atoms with Gasteiger partial charge in [-0.25, -0.2) is 18.4 Å². The summed E-state index contributed by atoms with van der Waals surface area (Å²) in [7, 11) is -3.57. The van der Waals surface area contributed by atoms with Crippen LogP contribution < -0.4 is 10.1 Å². The number of piperidine rings is 1. The van der Waals surface area contributed by atoms with Crippen LogP contribution in [-0.4, -0.2) is 48.3 Å². The average Bonchev–Trinajstić information content (AvgIpc) is 3.07. The Balaban J connectivity index is 1.44. The summed E-state index contributed by atoms with van der Waals surface area (Å²) in [5.41, 5.74) is 1.44. The van der Waals surface area contributed by atoms with Crippen LogP contribution in [0.25, 0.3) is 10.2 Å². The molecule has 0 bridgehead atoms. The first-order chi connectivity index (χ1) is 14.9. The van der Waals surface area contributed by atoms with Gasteiger partial charge in [0.15, 0.2) is 6.61 Å². The molecule has 0 radical (unpaired) electrons. The van der Waals surface area contributed by atoms with Crippen LogP contribution in [0.4, 0.5) is 5.69 Å². The van der Waals surface area contributed by atoms with Crippen molar-refractivity contribution in [3.05, 3.63) is 41.0 Å². The maximum atomic E-state index is 12.9. The lowest BCUT2D eigenvalue weighted by molar-refractivity contribution is -0.118. The molecule has 0 aliphatic carbocycles. The van der Waals surface area contributed by atoms with Crippen molar-refractivity contribution in [2.75, 3.05) is 25.0 Å². The summed E-state index contributed by atoms with van der Waals surface area (Å²) in [4.78, 5) is 23.0. The quantitative estimate of drug-likeness (QED) is 0.604. The number of sulfonamides is 1. The van der Waals surface area contributed by atoms with Gasteiger partial charge in [-0.1, -0.05) is 12.5 Å². The number of aromatic nitrogens is 2. The number of hydrogen-bond donors (Lipinski definition) is 1. The predicted octanol–water partition coefficient (Wildman–Crippen LogP) is 3.50. The second kappa shape index (κ2) is 8.89. The highest BCUT2D eigenvalue weighted by molar-refractivity contribution is 7.89. The highest BCUT2D eigenvalue weighted by atomic mass is 32.2. The van der Waals surface area contributed by atoms with E-state index in [4.69, 9.17) is 4.74 Å². The van der Waals surface area contributed by atoms with Crippen LogP contribution in [0.1, 0.15) is 29.7 Å². The molecular weight excluding hydrogens is 436 g/mol. The molecule has 1 aromatic carbocycles. The number of fused-ring (bicyclic) bond motifs is 1. The lowest BCUT2D eigenvalue weighted by Crippen LogP contribution is -2.35. The number of rotatable bonds is 6. The molecule has 10 heteroatoms. The number of ether oxygens (including phenoxy) is 1. The molecule has 3 heterocycles. The SMILES string of the molecule is Cc1sc2ncnc(OCC(=O)Nc3cccc(S(=O)(=O)N4CCCCC4)c3)c2c1C. The first-order valence-corrected chi connectivity index (χ1v) is 12.4. The number of carbonyl (C=O) groups excluding carboxylic acids is 1. The molecule has 1 amide bonds. The zero-order valence-electron chi connectivity index (χ0n) is 17.4. The van der Waals surface area contributed by atoms with Gasteiger partial charge in [0, 0.05) is 23.7 Å². The molecule has 1 saturated heterocycles. The molecular formula is C21H24N4O4S2. The van der Waals surface area contributed by atoms with Gasteiger partial charge < -0.3 is 10.1 Å². The fraction of sp³-hybridized carbons (Fsp3) is 0.381. The molecule has 1 aliphatic heterocycles. The first kappa shape index (κ1) is 21.7. The topological polar surface area (TPSA) is 101 Å². The highest BCUT2D eigenvalue weighted by Crippen LogP contribution is 2.33. The molecule has 1 aliphatic rings. The summed E-state index contributed by atoms with van der Waals surface area (Å²) in [6.07, 6.45) is 4.20. The van der Waals surface area contributed by atoms with Crippen molar-refractivity contribution in [3.8, 4) is 5.88 Å². The van der Waals surface area contributed by atoms with Crippen molar-refractivity contribution >= 4 is 43.2 Å². The summed E-state index contributed by atoms with van der Waals surface area (Å²) in [5, 5.41) is 3.52. The second-order valence-electron chi connectivity index (χ2n) is 7.47. The average molecular weight is 461 g/mol. The third-order valence-electron chi connectivity index (χ3n) is 5.34. The lowest BCUT2D eigenvalue weighted by atomic mass is 10.2. The zero-order chi connectivity index (χ0) is 22.0. The van der Waals surface area contributed by atoms with E-state index >= 15 is 0 Å². The van der Waals surface area contributed by atoms with Crippen molar-refractivity contribution < 1.29 is 17.9 Å². The van der Waals surface area contributed by atoms with Gasteiger partial charge in [0.1, 0.15) is 11.2 Å². The van der Waals surface area contributed by atoms with E-state index in [2.05, 4.69) is 15.3 Å². The number of benzene rings is 1. The molecule has 8 nitrogen and oxygen atoms in total. The number of amides is 1. The summed E-state index contributed by atoms with van der Waals surface area (Å²) >= 11 is 1.55. The molecule has 31 heavy (non-hydrogen) atoms. The summed E-state index contributed by atoms with van der Waals surface area (Å²) < 4.78 is 32.9. The Bertz CT molecular complexity index is 1220. The Morgan fingerprint density at radius 1 is 1.19 bits per heavy atom. The van der Waals surface area contributed by atoms with Gasteiger partial charge in [0.2, 0.25) is 15.9 Å². The third-order valence-corrected chi connectivity index (χ3v) is 8.35. The van der Waals surface area contributed by atoms with Crippen LogP contribution in [-0.2, 0) is 14.8 Å². The Labute approximate surface area is 185 Å². The fourth-order valence-corrected chi connectivity index (χ4v) is 6.13. The Morgan fingerprint density at radius 2 is 1.97 bits per heavy atom. The zero-order valence-corrected chi connectivity index (χ0v) is 19.1. The van der Waals surface area contributed by atoms with Gasteiger partial charge in [0.05, 0.1) is 10.3 Å². The number of thiophene rings is 1. The monoisotopic (exact) mass is 460 g/mol. The number of aryl methyl sites for hydroxylation is 2. The fourth-order valence-electron chi connectivity index (χ4n) is 3.58. The minimum absolute atomic E-state index is 0.176. The lowest BCUT2D eigenvalue weighted by Gasteiger charge is -2.26. The van der Waals surface area contributed by atoms with E-state index in [-0.39, 0.29) is 11.5 Å². The van der Waals surface area contributed by atoms with Crippen molar-refractivity contribution in [2.45, 2.75) is 38.0 Å². The molecule has 1 N–H and O–H groups in total. The Hall–Kier alpha value is -2.56. The second-order valence-corrected chi connectivity index (χ2v) is 10.6. The van der Waals surface area contributed by atoms with Gasteiger partial charge in [-0.05, 0) is 50.5 Å². The van der Waals surface area contributed by atoms with Crippen LogP contribution in [0.3, 0.4) is 0 Å². The summed E-state index contributed by atoms with van der Waals surface area (Å²) in [5.74, 6) is -0.0349. The molecule has 0 saturated carbocycles. The van der Waals surface area contributed by atoms with Crippen molar-refractivity contribution in [2.24, 2.45) is 0 Å². The van der Waals surface area contributed by atoms with E-state index < -0.39 is 15.9 Å². The first-order valence-electron chi connectivity index (χ1n) is 10.1. The number of hydrogen-bond acceptors (Lipinski definition) is 7. The van der Waals surface area contributed by atoms with E-state index in [9.17, 15) is 13.2 Å². The van der Waals surface area contributed by atoms with E-state index in [1.54, 1.807) is 29.5 Å². The van der Waals surface area contributed by atoms with Crippen molar-refractivity contribution in [1.29, 1.82) is 0 Å². The molecule has 0 atom stereocenters. The van der Waals surface area contributed by atoms with Gasteiger partial charge >= 0.3 is 0 Å². The Morgan fingerprint density at radius 3 is 2.74 bits per heavy atom. The van der Waals surface area contributed by atoms with E-state index in [0.29, 0.717) is 24.7 Å². The van der Waals surface area contributed by atoms with Crippen LogP contribution >= 0.6 is 11.3 Å². The van der Waals surface area contributed by atoms with Crippen LogP contribution in [0.5, 0.6) is 5.88 Å². The predicted molar refractivity (Wildman–Crippen MR) is 120 cm³/mol. The molecule has 2 aromatic heterocycles. The smallest absolute Gasteiger partial charge is 0.262 e. The van der Waals surface area contributed by atoms with Gasteiger partial charge in [-0.2, -0.15) is 4.31 Å². The molecule has 4 rings (SSSR count). The molecule has 3 aromatic rings. The normalized spacial score (nSPS) is 15.2.